The lowest BCUT2D eigenvalue weighted by Crippen LogP contribution is -2.40. The Kier molecular flexibility index (Phi) is 6.22. The number of thiophene rings is 1. The molecule has 6 nitrogen and oxygen atoms in total. The molecule has 0 atom stereocenters. The zero-order valence-electron chi connectivity index (χ0n) is 15.1. The molecule has 0 radical (unpaired) electrons. The summed E-state index contributed by atoms with van der Waals surface area (Å²) in [5.41, 5.74) is 1.47. The number of ether oxygens (including phenoxy) is 1. The summed E-state index contributed by atoms with van der Waals surface area (Å²) >= 11 is 7.59. The lowest BCUT2D eigenvalue weighted by molar-refractivity contribution is 0.0730. The molecule has 2 heterocycles. The van der Waals surface area contributed by atoms with Gasteiger partial charge in [-0.2, -0.15) is 4.31 Å². The summed E-state index contributed by atoms with van der Waals surface area (Å²) < 4.78 is 32.3. The van der Waals surface area contributed by atoms with E-state index in [1.165, 1.54) is 27.8 Å². The fraction of sp³-hybridized carbons (Fsp3) is 0.389. The van der Waals surface area contributed by atoms with Gasteiger partial charge in [-0.05, 0) is 43.2 Å². The third-order valence-electron chi connectivity index (χ3n) is 4.34. The van der Waals surface area contributed by atoms with Gasteiger partial charge in [-0.15, -0.1) is 11.3 Å². The molecule has 1 aromatic carbocycles. The third kappa shape index (κ3) is 4.35. The molecule has 0 saturated carbocycles. The van der Waals surface area contributed by atoms with Crippen LogP contribution in [0.4, 0.5) is 5.69 Å². The van der Waals surface area contributed by atoms with E-state index in [9.17, 15) is 13.2 Å². The zero-order chi connectivity index (χ0) is 19.6. The Labute approximate surface area is 168 Å². The molecule has 1 fully saturated rings. The van der Waals surface area contributed by atoms with E-state index in [1.54, 1.807) is 6.07 Å². The molecule has 0 spiro atoms. The Morgan fingerprint density at radius 3 is 2.63 bits per heavy atom. The minimum absolute atomic E-state index is 0.0134. The van der Waals surface area contributed by atoms with Gasteiger partial charge in [0.05, 0.1) is 23.1 Å². The number of halogens is 1. The van der Waals surface area contributed by atoms with Crippen LogP contribution in [0.5, 0.6) is 0 Å². The Balaban J connectivity index is 1.85. The van der Waals surface area contributed by atoms with Crippen molar-refractivity contribution in [3.8, 4) is 0 Å². The van der Waals surface area contributed by atoms with Crippen molar-refractivity contribution in [2.75, 3.05) is 31.6 Å². The minimum Gasteiger partial charge on any atom is -0.379 e. The summed E-state index contributed by atoms with van der Waals surface area (Å²) in [6.07, 6.45) is 0.868. The lowest BCUT2D eigenvalue weighted by Gasteiger charge is -2.26. The number of amides is 1. The lowest BCUT2D eigenvalue weighted by atomic mass is 10.2. The maximum Gasteiger partial charge on any atom is 0.265 e. The SMILES string of the molecule is CCc1sc(C(=O)Nc2ccc(Cl)c(S(=O)(=O)N3CCOCC3)c2)cc1C. The summed E-state index contributed by atoms with van der Waals surface area (Å²) in [7, 11) is -3.75. The van der Waals surface area contributed by atoms with Crippen LogP contribution >= 0.6 is 22.9 Å². The standard InChI is InChI=1S/C18H21ClN2O4S2/c1-3-15-12(2)10-16(26-15)18(22)20-13-4-5-14(19)17(11-13)27(23,24)21-6-8-25-9-7-21/h4-5,10-11H,3,6-9H2,1-2H3,(H,20,22). The van der Waals surface area contributed by atoms with Gasteiger partial charge in [0.25, 0.3) is 5.91 Å². The monoisotopic (exact) mass is 428 g/mol. The van der Waals surface area contributed by atoms with Crippen molar-refractivity contribution in [3.63, 3.8) is 0 Å². The summed E-state index contributed by atoms with van der Waals surface area (Å²) in [6.45, 7) is 5.28. The number of anilines is 1. The molecule has 1 aliphatic heterocycles. The van der Waals surface area contributed by atoms with Gasteiger partial charge in [0.2, 0.25) is 10.0 Å². The highest BCUT2D eigenvalue weighted by Gasteiger charge is 2.28. The first-order valence-electron chi connectivity index (χ1n) is 8.61. The number of hydrogen-bond acceptors (Lipinski definition) is 5. The Hall–Kier alpha value is -1.45. The quantitative estimate of drug-likeness (QED) is 0.790. The second-order valence-corrected chi connectivity index (χ2v) is 9.64. The molecule has 1 saturated heterocycles. The predicted octanol–water partition coefficient (Wildman–Crippen LogP) is 3.55. The summed E-state index contributed by atoms with van der Waals surface area (Å²) in [4.78, 5) is 14.3. The van der Waals surface area contributed by atoms with Gasteiger partial charge in [0.1, 0.15) is 4.90 Å². The van der Waals surface area contributed by atoms with Crippen LogP contribution in [0.1, 0.15) is 27.0 Å². The molecule has 146 valence electrons. The molecular weight excluding hydrogens is 408 g/mol. The number of carbonyl (C=O) groups is 1. The largest absolute Gasteiger partial charge is 0.379 e. The van der Waals surface area contributed by atoms with Gasteiger partial charge < -0.3 is 10.1 Å². The van der Waals surface area contributed by atoms with Crippen LogP contribution in [0.2, 0.25) is 5.02 Å². The molecule has 0 aliphatic carbocycles. The van der Waals surface area contributed by atoms with Crippen molar-refractivity contribution in [2.45, 2.75) is 25.2 Å². The second-order valence-electron chi connectivity index (χ2n) is 6.19. The van der Waals surface area contributed by atoms with Crippen LogP contribution in [0.3, 0.4) is 0 Å². The number of nitrogens with zero attached hydrogens (tertiary/aromatic N) is 1. The molecule has 1 aliphatic rings. The predicted molar refractivity (Wildman–Crippen MR) is 107 cm³/mol. The first-order chi connectivity index (χ1) is 12.8. The number of carbonyl (C=O) groups excluding carboxylic acids is 1. The summed E-state index contributed by atoms with van der Waals surface area (Å²) in [5.74, 6) is -0.264. The number of nitrogens with one attached hydrogen (secondary N) is 1. The molecular formula is C18H21ClN2O4S2. The number of morpholine rings is 1. The van der Waals surface area contributed by atoms with Crippen LogP contribution < -0.4 is 5.32 Å². The van der Waals surface area contributed by atoms with Crippen LogP contribution in [0.15, 0.2) is 29.2 Å². The topological polar surface area (TPSA) is 75.7 Å². The fourth-order valence-corrected chi connectivity index (χ4v) is 5.80. The van der Waals surface area contributed by atoms with E-state index in [-0.39, 0.29) is 28.9 Å². The zero-order valence-corrected chi connectivity index (χ0v) is 17.5. The maximum absolute atomic E-state index is 12.9. The normalized spacial score (nSPS) is 15.7. The van der Waals surface area contributed by atoms with Gasteiger partial charge in [-0.1, -0.05) is 18.5 Å². The van der Waals surface area contributed by atoms with Crippen molar-refractivity contribution in [1.82, 2.24) is 4.31 Å². The fourth-order valence-electron chi connectivity index (χ4n) is 2.88. The maximum atomic E-state index is 12.9. The van der Waals surface area contributed by atoms with E-state index in [4.69, 9.17) is 16.3 Å². The Morgan fingerprint density at radius 1 is 1.30 bits per heavy atom. The first-order valence-corrected chi connectivity index (χ1v) is 11.2. The number of sulfonamides is 1. The molecule has 1 aromatic heterocycles. The van der Waals surface area contributed by atoms with Gasteiger partial charge in [0.15, 0.2) is 0 Å². The average Bonchev–Trinajstić information content (AvgIpc) is 3.05. The molecule has 1 amide bonds. The molecule has 0 bridgehead atoms. The van der Waals surface area contributed by atoms with Gasteiger partial charge in [-0.3, -0.25) is 4.79 Å². The number of benzene rings is 1. The molecule has 2 aromatic rings. The highest BCUT2D eigenvalue weighted by molar-refractivity contribution is 7.89. The van der Waals surface area contributed by atoms with Crippen LogP contribution in [0, 0.1) is 6.92 Å². The molecule has 27 heavy (non-hydrogen) atoms. The van der Waals surface area contributed by atoms with E-state index in [2.05, 4.69) is 5.32 Å². The average molecular weight is 429 g/mol. The first kappa shape index (κ1) is 20.3. The molecule has 9 heteroatoms. The van der Waals surface area contributed by atoms with Gasteiger partial charge in [0, 0.05) is 23.7 Å². The van der Waals surface area contributed by atoms with Gasteiger partial charge >= 0.3 is 0 Å². The van der Waals surface area contributed by atoms with Crippen molar-refractivity contribution >= 4 is 44.6 Å². The van der Waals surface area contributed by atoms with Crippen LogP contribution in [-0.4, -0.2) is 44.9 Å². The second kappa shape index (κ2) is 8.28. The number of rotatable bonds is 5. The number of hydrogen-bond donors (Lipinski definition) is 1. The highest BCUT2D eigenvalue weighted by Crippen LogP contribution is 2.29. The number of aryl methyl sites for hydroxylation is 2. The smallest absolute Gasteiger partial charge is 0.265 e. The van der Waals surface area contributed by atoms with Crippen LogP contribution in [0.25, 0.3) is 0 Å². The van der Waals surface area contributed by atoms with Crippen molar-refractivity contribution in [2.24, 2.45) is 0 Å². The summed E-state index contributed by atoms with van der Waals surface area (Å²) in [5, 5.41) is 2.90. The summed E-state index contributed by atoms with van der Waals surface area (Å²) in [6, 6.07) is 6.34. The Bertz CT molecular complexity index is 950. The van der Waals surface area contributed by atoms with Crippen molar-refractivity contribution < 1.29 is 17.9 Å². The van der Waals surface area contributed by atoms with E-state index < -0.39 is 10.0 Å². The van der Waals surface area contributed by atoms with E-state index in [0.29, 0.717) is 23.8 Å². The molecule has 1 N–H and O–H groups in total. The minimum atomic E-state index is -3.75. The van der Waals surface area contributed by atoms with Gasteiger partial charge in [-0.25, -0.2) is 8.42 Å². The van der Waals surface area contributed by atoms with E-state index in [0.717, 1.165) is 16.9 Å². The molecule has 0 unspecified atom stereocenters. The van der Waals surface area contributed by atoms with Crippen molar-refractivity contribution in [3.05, 3.63) is 44.6 Å². The van der Waals surface area contributed by atoms with Crippen LogP contribution in [-0.2, 0) is 21.2 Å². The Morgan fingerprint density at radius 2 is 2.00 bits per heavy atom. The van der Waals surface area contributed by atoms with E-state index in [1.807, 2.05) is 19.9 Å². The highest BCUT2D eigenvalue weighted by atomic mass is 35.5. The molecule has 3 rings (SSSR count). The van der Waals surface area contributed by atoms with E-state index >= 15 is 0 Å². The van der Waals surface area contributed by atoms with Crippen molar-refractivity contribution in [1.29, 1.82) is 0 Å². The third-order valence-corrected chi connectivity index (χ3v) is 8.10.